The van der Waals surface area contributed by atoms with Crippen molar-refractivity contribution in [3.05, 3.63) is 146 Å². The number of imide groups is 1. The number of Topliss-reactive ketones (excluding diaryl/α,β-unsaturated/α-hetero) is 1. The first-order valence-corrected chi connectivity index (χ1v) is 34.2. The number of carbonyl (C=O) groups excluding carboxylic acids is 8. The number of ketones is 1. The molecule has 96 heavy (non-hydrogen) atoms. The van der Waals surface area contributed by atoms with Gasteiger partial charge < -0.3 is 35.3 Å². The lowest BCUT2D eigenvalue weighted by Gasteiger charge is -2.28. The van der Waals surface area contributed by atoms with E-state index in [-0.39, 0.29) is 62.5 Å². The monoisotopic (exact) mass is 1350 g/mol. The van der Waals surface area contributed by atoms with E-state index in [9.17, 15) is 47.7 Å². The fourth-order valence-corrected chi connectivity index (χ4v) is 13.3. The first-order chi connectivity index (χ1) is 45.4. The lowest BCUT2D eigenvalue weighted by atomic mass is 9.84. The molecule has 6 atom stereocenters. The molecule has 4 aromatic carbocycles. The molecule has 5 aromatic rings. The molecule has 25 heteroatoms. The molecule has 1 saturated heterocycles. The average Bonchev–Trinajstić information content (AvgIpc) is 1.63. The van der Waals surface area contributed by atoms with Crippen LogP contribution in [0.15, 0.2) is 95.8 Å². The van der Waals surface area contributed by atoms with Gasteiger partial charge in [0, 0.05) is 44.7 Å². The van der Waals surface area contributed by atoms with E-state index >= 15 is 8.78 Å². The van der Waals surface area contributed by atoms with Crippen molar-refractivity contribution in [1.29, 1.82) is 0 Å². The normalized spacial score (nSPS) is 18.3. The van der Waals surface area contributed by atoms with Crippen LogP contribution in [0.25, 0.3) is 16.6 Å². The van der Waals surface area contributed by atoms with E-state index in [0.29, 0.717) is 36.3 Å². The number of piperidine rings is 1. The molecule has 5 amide bonds. The van der Waals surface area contributed by atoms with Crippen LogP contribution in [0.2, 0.25) is 0 Å². The second-order valence-electron chi connectivity index (χ2n) is 27.1. The number of aryl methyl sites for hydroxylation is 4. The Kier molecular flexibility index (Phi) is 24.5. The summed E-state index contributed by atoms with van der Waals surface area (Å²) in [5, 5.41) is 8.28. The predicted molar refractivity (Wildman–Crippen MR) is 353 cm³/mol. The van der Waals surface area contributed by atoms with Gasteiger partial charge in [-0.3, -0.25) is 66.4 Å². The number of hydrogen-bond donors (Lipinski definition) is 4. The Morgan fingerprint density at radius 2 is 1.40 bits per heavy atom. The molecular formula is C71H89F2N6O16P. The molecular weight excluding hydrogens is 1260 g/mol. The third kappa shape index (κ3) is 18.3. The Labute approximate surface area is 557 Å². The number of benzene rings is 4. The van der Waals surface area contributed by atoms with Crippen molar-refractivity contribution in [2.24, 2.45) is 29.5 Å². The number of rotatable bonds is 31. The third-order valence-corrected chi connectivity index (χ3v) is 19.5. The number of aromatic nitrogens is 2. The number of fused-ring (bicyclic) bond motifs is 1. The summed E-state index contributed by atoms with van der Waals surface area (Å²) in [4.78, 5) is 117. The highest BCUT2D eigenvalue weighted by Gasteiger charge is 2.56. The van der Waals surface area contributed by atoms with Gasteiger partial charge in [0.1, 0.15) is 6.04 Å². The maximum atomic E-state index is 16.3. The lowest BCUT2D eigenvalue weighted by molar-refractivity contribution is -0.163. The second kappa shape index (κ2) is 31.9. The Morgan fingerprint density at radius 3 is 2.04 bits per heavy atom. The number of nitrogens with one attached hydrogen (secondary N) is 3. The number of carbonyl (C=O) groups is 8. The highest BCUT2D eigenvalue weighted by Crippen LogP contribution is 2.67. The van der Waals surface area contributed by atoms with Gasteiger partial charge in [-0.15, -0.1) is 0 Å². The summed E-state index contributed by atoms with van der Waals surface area (Å²) in [6.45, 7) is 11.6. The van der Waals surface area contributed by atoms with Crippen LogP contribution in [0.5, 0.6) is 0 Å². The second-order valence-corrected chi connectivity index (χ2v) is 29.1. The number of amides is 5. The van der Waals surface area contributed by atoms with Crippen molar-refractivity contribution in [2.75, 3.05) is 26.8 Å². The first kappa shape index (κ1) is 73.8. The molecule has 0 saturated carbocycles. The number of esters is 2. The molecule has 3 aliphatic rings. The summed E-state index contributed by atoms with van der Waals surface area (Å²) in [7, 11) is -3.92. The molecule has 2 aliphatic carbocycles. The van der Waals surface area contributed by atoms with Crippen LogP contribution in [0.1, 0.15) is 170 Å². The molecule has 8 rings (SSSR count). The molecule has 1 aliphatic heterocycles. The molecule has 5 N–H and O–H groups in total. The van der Waals surface area contributed by atoms with E-state index in [2.05, 4.69) is 28.1 Å². The minimum Gasteiger partial charge on any atom is -0.438 e. The van der Waals surface area contributed by atoms with Crippen LogP contribution in [0.3, 0.4) is 0 Å². The number of alkyl halides is 2. The van der Waals surface area contributed by atoms with Crippen molar-refractivity contribution in [1.82, 2.24) is 25.1 Å². The number of hydrogen-bond acceptors (Lipinski definition) is 16. The Morgan fingerprint density at radius 1 is 0.771 bits per heavy atom. The van der Waals surface area contributed by atoms with Crippen molar-refractivity contribution < 1.29 is 79.7 Å². The number of primary amides is 1. The standard InChI is InChI=1S/C71H89F2N6O16P/c1-43(48-24-27-51(28-25-48)71(72,73)96(89,94-41-92-66(86)69(3,4)5)95-42-93-67(87)70(6,7)8)37-60(82)75-54-29-26-49-17-13-18-50-39-52(62(61(49)50)63(54)83)64(84)76-53(30-33-58(74)80)44(2)91-40-47-21-19-45(20-22-47)15-11-10-12-35-90-36-14-16-46-23-31-55-57(38-46)78(9)68(88)79(55)56-32-34-59(81)77-65(56)85/h13,17-25,27-28,31,37-38,44,52-54,56,62H,10-12,14-16,26,29-30,32-36,39-42H2,1-9H3,(H2,74,80)(H,75,82)(H,76,84)(H,77,81,85)/b43-37+/t44-,52-,53+,54+,56?,62?/m1/s1. The molecule has 0 radical (unpaired) electrons. The topological polar surface area (TPSA) is 298 Å². The Hall–Kier alpha value is -8.02. The number of unbranched alkanes of at least 4 members (excludes halogenated alkanes) is 2. The van der Waals surface area contributed by atoms with Crippen molar-refractivity contribution >= 4 is 71.5 Å². The largest absolute Gasteiger partial charge is 0.438 e. The number of nitrogens with two attached hydrogens (primary N) is 1. The summed E-state index contributed by atoms with van der Waals surface area (Å²) < 4.78 is 81.6. The molecule has 0 spiro atoms. The highest BCUT2D eigenvalue weighted by atomic mass is 31.2. The molecule has 518 valence electrons. The number of imidazole rings is 1. The first-order valence-electron chi connectivity index (χ1n) is 32.6. The van der Waals surface area contributed by atoms with Gasteiger partial charge in [0.25, 0.3) is 0 Å². The average molecular weight is 1350 g/mol. The van der Waals surface area contributed by atoms with E-state index in [4.69, 9.17) is 33.7 Å². The van der Waals surface area contributed by atoms with E-state index in [1.807, 2.05) is 55.5 Å². The lowest BCUT2D eigenvalue weighted by Crippen LogP contribution is -2.49. The quantitative estimate of drug-likeness (QED) is 0.00801. The minimum absolute atomic E-state index is 0.0354. The van der Waals surface area contributed by atoms with Gasteiger partial charge in [0.05, 0.1) is 58.5 Å². The zero-order valence-electron chi connectivity index (χ0n) is 56.1. The molecule has 2 unspecified atom stereocenters. The van der Waals surface area contributed by atoms with Crippen LogP contribution in [0, 0.1) is 16.7 Å². The molecule has 1 fully saturated rings. The van der Waals surface area contributed by atoms with Crippen LogP contribution in [-0.4, -0.2) is 101 Å². The Bertz CT molecular complexity index is 3800. The maximum absolute atomic E-state index is 16.3. The SMILES string of the molecule is C/C(=C\C(=O)N[C@H]1CCc2cccc3c2C(C1=O)[C@H](C(=O)N[C@@H](CCC(N)=O)[C@@H](C)OCc1ccc(CCCCCOCCCc2ccc4c(c2)n(C)c(=O)n4C2CCC(=O)NC2=O)cc1)C3)c1ccc(C(F)(F)P(=O)(OCOC(=O)C(C)(C)C)OCOC(=O)C(C)(C)C)cc1. The van der Waals surface area contributed by atoms with Crippen LogP contribution in [-0.2, 0) is 116 Å². The van der Waals surface area contributed by atoms with Gasteiger partial charge in [0.15, 0.2) is 5.78 Å². The summed E-state index contributed by atoms with van der Waals surface area (Å²) >= 11 is 0. The third-order valence-electron chi connectivity index (χ3n) is 17.7. The number of allylic oxidation sites excluding steroid dienone is 1. The van der Waals surface area contributed by atoms with Crippen LogP contribution >= 0.6 is 7.60 Å². The van der Waals surface area contributed by atoms with E-state index in [0.717, 1.165) is 84.0 Å². The van der Waals surface area contributed by atoms with Crippen molar-refractivity contribution in [2.45, 2.75) is 181 Å². The van der Waals surface area contributed by atoms with Gasteiger partial charge in [0.2, 0.25) is 43.1 Å². The van der Waals surface area contributed by atoms with E-state index in [1.165, 1.54) is 74.4 Å². The highest BCUT2D eigenvalue weighted by molar-refractivity contribution is 7.54. The van der Waals surface area contributed by atoms with E-state index in [1.54, 1.807) is 14.0 Å². The van der Waals surface area contributed by atoms with Gasteiger partial charge >= 0.3 is 30.9 Å². The zero-order chi connectivity index (χ0) is 69.9. The fraction of sp³-hybridized carbons (Fsp3) is 0.507. The molecule has 22 nitrogen and oxygen atoms in total. The van der Waals surface area contributed by atoms with E-state index < -0.39 is 115 Å². The predicted octanol–water partition coefficient (Wildman–Crippen LogP) is 9.76. The number of ether oxygens (including phenoxy) is 4. The number of halogens is 2. The van der Waals surface area contributed by atoms with Gasteiger partial charge in [-0.2, -0.15) is 8.78 Å². The van der Waals surface area contributed by atoms with Crippen molar-refractivity contribution in [3.8, 4) is 0 Å². The molecule has 0 bridgehead atoms. The zero-order valence-corrected chi connectivity index (χ0v) is 57.0. The Balaban J connectivity index is 0.807. The smallest absolute Gasteiger partial charge is 0.410 e. The summed E-state index contributed by atoms with van der Waals surface area (Å²) in [5.41, 5.74) is 5.62. The number of nitrogens with zero attached hydrogens (tertiary/aromatic N) is 2. The van der Waals surface area contributed by atoms with Crippen molar-refractivity contribution in [3.63, 3.8) is 0 Å². The van der Waals surface area contributed by atoms with Crippen LogP contribution < -0.4 is 27.4 Å². The fourth-order valence-electron chi connectivity index (χ4n) is 12.1. The summed E-state index contributed by atoms with van der Waals surface area (Å²) in [6.07, 6.45) is 7.45. The maximum Gasteiger partial charge on any atom is 0.410 e. The minimum atomic E-state index is -5.60. The summed E-state index contributed by atoms with van der Waals surface area (Å²) in [5.74, 6) is -6.22. The van der Waals surface area contributed by atoms with Crippen LogP contribution in [0.4, 0.5) is 8.78 Å². The van der Waals surface area contributed by atoms with Gasteiger partial charge in [-0.25, -0.2) is 4.79 Å². The molecule has 2 heterocycles. The van der Waals surface area contributed by atoms with Gasteiger partial charge in [-0.1, -0.05) is 79.2 Å². The van der Waals surface area contributed by atoms with Gasteiger partial charge in [-0.05, 0) is 176 Å². The molecule has 1 aromatic heterocycles. The summed E-state index contributed by atoms with van der Waals surface area (Å²) in [6, 6.07) is 21.6.